The number of benzene rings is 1. The Balaban J connectivity index is 1.66. The molecule has 1 aliphatic heterocycles. The standard InChI is InChI=1S/C19H25FN6/c1-12-10-15(6-7-16(12)20)24-17-11-19(22,13-2-4-14(21)5-3-13)25-26-9-8-23-18(17)26/h6-11,13-14,24-25H,2-5,21-22H2,1H3. The zero-order valence-electron chi connectivity index (χ0n) is 14.9. The molecule has 2 aliphatic rings. The van der Waals surface area contributed by atoms with E-state index in [1.807, 2.05) is 16.9 Å². The van der Waals surface area contributed by atoms with Gasteiger partial charge in [0.2, 0.25) is 0 Å². The lowest BCUT2D eigenvalue weighted by Crippen LogP contribution is -2.58. The van der Waals surface area contributed by atoms with Crippen molar-refractivity contribution in [2.45, 2.75) is 44.3 Å². The van der Waals surface area contributed by atoms with Gasteiger partial charge < -0.3 is 22.2 Å². The van der Waals surface area contributed by atoms with E-state index in [2.05, 4.69) is 15.7 Å². The molecule has 1 aromatic carbocycles. The van der Waals surface area contributed by atoms with E-state index in [1.54, 1.807) is 25.3 Å². The summed E-state index contributed by atoms with van der Waals surface area (Å²) in [5.41, 5.74) is 17.7. The molecule has 1 saturated carbocycles. The molecule has 1 unspecified atom stereocenters. The number of hydrogen-bond donors (Lipinski definition) is 4. The van der Waals surface area contributed by atoms with Gasteiger partial charge in [0, 0.05) is 30.0 Å². The van der Waals surface area contributed by atoms with Crippen LogP contribution in [0.15, 0.2) is 36.7 Å². The highest BCUT2D eigenvalue weighted by molar-refractivity contribution is 5.76. The van der Waals surface area contributed by atoms with Gasteiger partial charge in [-0.2, -0.15) is 0 Å². The highest BCUT2D eigenvalue weighted by atomic mass is 19.1. The van der Waals surface area contributed by atoms with Crippen LogP contribution in [0.1, 0.15) is 37.1 Å². The number of fused-ring (bicyclic) bond motifs is 1. The van der Waals surface area contributed by atoms with E-state index < -0.39 is 5.66 Å². The normalized spacial score (nSPS) is 28.1. The van der Waals surface area contributed by atoms with Crippen molar-refractivity contribution in [2.75, 3.05) is 10.7 Å². The van der Waals surface area contributed by atoms with Crippen molar-refractivity contribution in [2.24, 2.45) is 17.4 Å². The van der Waals surface area contributed by atoms with E-state index in [1.165, 1.54) is 6.07 Å². The minimum absolute atomic E-state index is 0.219. The Morgan fingerprint density at radius 2 is 2.08 bits per heavy atom. The molecule has 4 rings (SSSR count). The van der Waals surface area contributed by atoms with Crippen molar-refractivity contribution in [1.29, 1.82) is 0 Å². The van der Waals surface area contributed by atoms with Gasteiger partial charge in [0.1, 0.15) is 11.5 Å². The fraction of sp³-hybridized carbons (Fsp3) is 0.421. The van der Waals surface area contributed by atoms with E-state index in [9.17, 15) is 4.39 Å². The van der Waals surface area contributed by atoms with Crippen LogP contribution in [-0.4, -0.2) is 21.4 Å². The van der Waals surface area contributed by atoms with Gasteiger partial charge in [-0.25, -0.2) is 14.1 Å². The summed E-state index contributed by atoms with van der Waals surface area (Å²) in [6.07, 6.45) is 9.52. The lowest BCUT2D eigenvalue weighted by Gasteiger charge is -2.42. The van der Waals surface area contributed by atoms with E-state index >= 15 is 0 Å². The van der Waals surface area contributed by atoms with Crippen LogP contribution >= 0.6 is 0 Å². The Labute approximate surface area is 152 Å². The SMILES string of the molecule is Cc1cc(NC2=CC(N)(C3CCC(N)CC3)Nn3ccnc32)ccc1F. The van der Waals surface area contributed by atoms with Crippen LogP contribution in [0.3, 0.4) is 0 Å². The highest BCUT2D eigenvalue weighted by Crippen LogP contribution is 2.35. The number of aromatic nitrogens is 2. The molecule has 6 N–H and O–H groups in total. The Bertz CT molecular complexity index is 836. The molecule has 6 nitrogen and oxygen atoms in total. The zero-order valence-corrected chi connectivity index (χ0v) is 14.9. The number of aryl methyl sites for hydroxylation is 1. The number of nitrogens with zero attached hydrogens (tertiary/aromatic N) is 2. The number of hydrogen-bond acceptors (Lipinski definition) is 5. The molecule has 7 heteroatoms. The zero-order chi connectivity index (χ0) is 18.3. The summed E-state index contributed by atoms with van der Waals surface area (Å²) < 4.78 is 15.4. The second kappa shape index (κ2) is 6.41. The number of halogens is 1. The van der Waals surface area contributed by atoms with Crippen LogP contribution < -0.4 is 22.2 Å². The molecule has 2 aromatic rings. The summed E-state index contributed by atoms with van der Waals surface area (Å²) in [6, 6.07) is 5.23. The monoisotopic (exact) mass is 356 g/mol. The summed E-state index contributed by atoms with van der Waals surface area (Å²) in [5.74, 6) is 0.813. The number of nitrogens with one attached hydrogen (secondary N) is 2. The molecule has 0 radical (unpaired) electrons. The maximum absolute atomic E-state index is 13.6. The van der Waals surface area contributed by atoms with Crippen molar-refractivity contribution < 1.29 is 4.39 Å². The molecular formula is C19H25FN6. The fourth-order valence-corrected chi connectivity index (χ4v) is 3.91. The molecule has 0 saturated heterocycles. The predicted molar refractivity (Wildman–Crippen MR) is 101 cm³/mol. The largest absolute Gasteiger partial charge is 0.353 e. The summed E-state index contributed by atoms with van der Waals surface area (Å²) in [6.45, 7) is 1.75. The van der Waals surface area contributed by atoms with Crippen LogP contribution in [0.4, 0.5) is 10.1 Å². The molecule has 1 fully saturated rings. The topological polar surface area (TPSA) is 93.9 Å². The first-order chi connectivity index (χ1) is 12.4. The van der Waals surface area contributed by atoms with E-state index in [4.69, 9.17) is 11.5 Å². The van der Waals surface area contributed by atoms with Crippen LogP contribution in [-0.2, 0) is 0 Å². The summed E-state index contributed by atoms with van der Waals surface area (Å²) >= 11 is 0. The molecule has 26 heavy (non-hydrogen) atoms. The summed E-state index contributed by atoms with van der Waals surface area (Å²) in [5, 5.41) is 3.36. The minimum atomic E-state index is -0.689. The third-order valence-corrected chi connectivity index (χ3v) is 5.46. The molecule has 0 amide bonds. The predicted octanol–water partition coefficient (Wildman–Crippen LogP) is 2.51. The van der Waals surface area contributed by atoms with Gasteiger partial charge in [-0.1, -0.05) is 0 Å². The van der Waals surface area contributed by atoms with Gasteiger partial charge in [-0.05, 0) is 62.4 Å². The Morgan fingerprint density at radius 1 is 1.31 bits per heavy atom. The lowest BCUT2D eigenvalue weighted by atomic mass is 9.78. The summed E-state index contributed by atoms with van der Waals surface area (Å²) in [4.78, 5) is 4.42. The average Bonchev–Trinajstić information content (AvgIpc) is 3.07. The molecule has 1 atom stereocenters. The Hall–Kier alpha value is -2.38. The van der Waals surface area contributed by atoms with Gasteiger partial charge in [-0.3, -0.25) is 0 Å². The third-order valence-electron chi connectivity index (χ3n) is 5.46. The highest BCUT2D eigenvalue weighted by Gasteiger charge is 2.39. The first-order valence-electron chi connectivity index (χ1n) is 9.07. The van der Waals surface area contributed by atoms with E-state index in [-0.39, 0.29) is 17.8 Å². The second-order valence-corrected chi connectivity index (χ2v) is 7.42. The molecule has 0 bridgehead atoms. The quantitative estimate of drug-likeness (QED) is 0.678. The maximum Gasteiger partial charge on any atom is 0.174 e. The Morgan fingerprint density at radius 3 is 2.81 bits per heavy atom. The molecule has 1 aliphatic carbocycles. The van der Waals surface area contributed by atoms with Gasteiger partial charge >= 0.3 is 0 Å². The van der Waals surface area contributed by atoms with E-state index in [0.29, 0.717) is 5.56 Å². The van der Waals surface area contributed by atoms with E-state index in [0.717, 1.165) is 42.9 Å². The van der Waals surface area contributed by atoms with Crippen LogP contribution in [0.25, 0.3) is 5.70 Å². The van der Waals surface area contributed by atoms with Gasteiger partial charge in [0.25, 0.3) is 0 Å². The van der Waals surface area contributed by atoms with Crippen molar-refractivity contribution >= 4 is 11.4 Å². The van der Waals surface area contributed by atoms with Crippen molar-refractivity contribution in [3.63, 3.8) is 0 Å². The first-order valence-corrected chi connectivity index (χ1v) is 9.07. The van der Waals surface area contributed by atoms with Crippen LogP contribution in [0.5, 0.6) is 0 Å². The Kier molecular flexibility index (Phi) is 4.20. The molecule has 1 aromatic heterocycles. The second-order valence-electron chi connectivity index (χ2n) is 7.42. The average molecular weight is 356 g/mol. The van der Waals surface area contributed by atoms with Gasteiger partial charge in [0.15, 0.2) is 5.82 Å². The van der Waals surface area contributed by atoms with Crippen molar-refractivity contribution in [1.82, 2.24) is 9.66 Å². The fourth-order valence-electron chi connectivity index (χ4n) is 3.91. The smallest absolute Gasteiger partial charge is 0.174 e. The van der Waals surface area contributed by atoms with Crippen LogP contribution in [0, 0.1) is 18.7 Å². The molecule has 0 spiro atoms. The number of rotatable bonds is 3. The number of nitrogens with two attached hydrogens (primary N) is 2. The number of imidazole rings is 1. The summed E-state index contributed by atoms with van der Waals surface area (Å²) in [7, 11) is 0. The molecular weight excluding hydrogens is 331 g/mol. The molecule has 138 valence electrons. The van der Waals surface area contributed by atoms with Crippen molar-refractivity contribution in [3.05, 3.63) is 53.9 Å². The van der Waals surface area contributed by atoms with Gasteiger partial charge in [-0.15, -0.1) is 0 Å². The van der Waals surface area contributed by atoms with Crippen LogP contribution in [0.2, 0.25) is 0 Å². The third kappa shape index (κ3) is 3.08. The minimum Gasteiger partial charge on any atom is -0.353 e. The first kappa shape index (κ1) is 17.1. The lowest BCUT2D eigenvalue weighted by molar-refractivity contribution is 0.239. The van der Waals surface area contributed by atoms with Crippen molar-refractivity contribution in [3.8, 4) is 0 Å². The molecule has 2 heterocycles. The van der Waals surface area contributed by atoms with Gasteiger partial charge in [0.05, 0.1) is 5.70 Å². The number of anilines is 1. The maximum atomic E-state index is 13.6.